The van der Waals surface area contributed by atoms with Crippen molar-refractivity contribution in [3.63, 3.8) is 0 Å². The monoisotopic (exact) mass is 379 g/mol. The molecular weight excluding hydrogens is 354 g/mol. The Morgan fingerprint density at radius 2 is 2.04 bits per heavy atom. The molecule has 0 aromatic carbocycles. The van der Waals surface area contributed by atoms with Gasteiger partial charge >= 0.3 is 0 Å². The lowest BCUT2D eigenvalue weighted by molar-refractivity contribution is 0.0699. The Morgan fingerprint density at radius 3 is 2.77 bits per heavy atom. The molecule has 1 unspecified atom stereocenters. The van der Waals surface area contributed by atoms with Crippen LogP contribution in [0.15, 0.2) is 18.5 Å². The molecule has 1 atom stereocenters. The highest BCUT2D eigenvalue weighted by Gasteiger charge is 2.28. The molecule has 2 fully saturated rings. The van der Waals surface area contributed by atoms with Gasteiger partial charge in [-0.3, -0.25) is 9.89 Å². The zero-order valence-corrected chi connectivity index (χ0v) is 15.6. The van der Waals surface area contributed by atoms with Crippen LogP contribution in [-0.2, 0) is 0 Å². The molecule has 1 aliphatic heterocycles. The average Bonchev–Trinajstić information content (AvgIpc) is 3.34. The minimum Gasteiger partial charge on any atom is -0.337 e. The Morgan fingerprint density at radius 1 is 1.23 bits per heavy atom. The maximum absolute atomic E-state index is 12.8. The maximum Gasteiger partial charge on any atom is 0.276 e. The van der Waals surface area contributed by atoms with Crippen LogP contribution in [0.25, 0.3) is 0 Å². The number of nitrogens with zero attached hydrogens (tertiary/aromatic N) is 5. The number of likely N-dealkylation sites (tertiary alicyclic amines) is 1. The summed E-state index contributed by atoms with van der Waals surface area (Å²) in [4.78, 5) is 14.7. The number of carbonyl (C=O) groups excluding carboxylic acids is 1. The lowest BCUT2D eigenvalue weighted by Gasteiger charge is -2.31. The number of piperidine rings is 1. The molecule has 2 aliphatic rings. The van der Waals surface area contributed by atoms with Crippen molar-refractivity contribution in [3.05, 3.63) is 29.8 Å². The molecular formula is C17H26ClN7O. The highest BCUT2D eigenvalue weighted by Crippen LogP contribution is 2.28. The fraction of sp³-hybridized carbons (Fsp3) is 0.647. The lowest BCUT2D eigenvalue weighted by atomic mass is 9.92. The van der Waals surface area contributed by atoms with Crippen molar-refractivity contribution >= 4 is 18.3 Å². The van der Waals surface area contributed by atoms with Crippen LogP contribution in [-0.4, -0.2) is 55.1 Å². The van der Waals surface area contributed by atoms with Crippen LogP contribution in [0.1, 0.15) is 66.7 Å². The van der Waals surface area contributed by atoms with E-state index in [9.17, 15) is 4.79 Å². The van der Waals surface area contributed by atoms with Gasteiger partial charge in [0.15, 0.2) is 5.69 Å². The SMILES string of the molecule is Cl.NC1CCC(n2cc(C(=O)N3CCCC(c4ccn[nH]4)C3)nn2)CC1. The Balaban J connectivity index is 0.00000196. The second-order valence-electron chi connectivity index (χ2n) is 7.25. The zero-order chi connectivity index (χ0) is 17.2. The Hall–Kier alpha value is -1.93. The second-order valence-corrected chi connectivity index (χ2v) is 7.25. The third kappa shape index (κ3) is 3.91. The number of carbonyl (C=O) groups is 1. The fourth-order valence-electron chi connectivity index (χ4n) is 3.99. The summed E-state index contributed by atoms with van der Waals surface area (Å²) in [6.07, 6.45) is 9.65. The minimum atomic E-state index is -0.0250. The zero-order valence-electron chi connectivity index (χ0n) is 14.8. The van der Waals surface area contributed by atoms with Crippen LogP contribution in [0.2, 0.25) is 0 Å². The molecule has 3 N–H and O–H groups in total. The minimum absolute atomic E-state index is 0. The van der Waals surface area contributed by atoms with Gasteiger partial charge in [0.25, 0.3) is 5.91 Å². The first-order valence-corrected chi connectivity index (χ1v) is 9.16. The van der Waals surface area contributed by atoms with E-state index in [1.165, 1.54) is 0 Å². The molecule has 4 rings (SSSR count). The number of rotatable bonds is 3. The van der Waals surface area contributed by atoms with Crippen molar-refractivity contribution in [1.29, 1.82) is 0 Å². The number of H-pyrrole nitrogens is 1. The van der Waals surface area contributed by atoms with Gasteiger partial charge in [-0.05, 0) is 44.6 Å². The first-order chi connectivity index (χ1) is 12.2. The van der Waals surface area contributed by atoms with Crippen LogP contribution >= 0.6 is 12.4 Å². The van der Waals surface area contributed by atoms with E-state index in [0.717, 1.165) is 50.8 Å². The van der Waals surface area contributed by atoms with Gasteiger partial charge in [0.2, 0.25) is 0 Å². The van der Waals surface area contributed by atoms with E-state index in [1.54, 1.807) is 6.20 Å². The Labute approximate surface area is 158 Å². The summed E-state index contributed by atoms with van der Waals surface area (Å²) < 4.78 is 1.86. The van der Waals surface area contributed by atoms with Crippen molar-refractivity contribution in [1.82, 2.24) is 30.1 Å². The summed E-state index contributed by atoms with van der Waals surface area (Å²) in [6, 6.07) is 2.60. The molecule has 8 nitrogen and oxygen atoms in total. The summed E-state index contributed by atoms with van der Waals surface area (Å²) in [5.74, 6) is 0.290. The van der Waals surface area contributed by atoms with Crippen molar-refractivity contribution < 1.29 is 4.79 Å². The van der Waals surface area contributed by atoms with Crippen LogP contribution in [0.4, 0.5) is 0 Å². The van der Waals surface area contributed by atoms with E-state index >= 15 is 0 Å². The molecule has 0 bridgehead atoms. The molecule has 0 spiro atoms. The van der Waals surface area contributed by atoms with Crippen LogP contribution in [0, 0.1) is 0 Å². The lowest BCUT2D eigenvalue weighted by Crippen LogP contribution is -2.39. The van der Waals surface area contributed by atoms with Gasteiger partial charge in [-0.15, -0.1) is 17.5 Å². The van der Waals surface area contributed by atoms with Gasteiger partial charge in [-0.25, -0.2) is 4.68 Å². The van der Waals surface area contributed by atoms with Crippen molar-refractivity contribution in [2.45, 2.75) is 56.5 Å². The first-order valence-electron chi connectivity index (χ1n) is 9.16. The fourth-order valence-corrected chi connectivity index (χ4v) is 3.99. The average molecular weight is 380 g/mol. The van der Waals surface area contributed by atoms with Crippen molar-refractivity contribution in [2.24, 2.45) is 5.73 Å². The molecule has 0 radical (unpaired) electrons. The molecule has 142 valence electrons. The Kier molecular flexibility index (Phi) is 5.93. The molecule has 26 heavy (non-hydrogen) atoms. The van der Waals surface area contributed by atoms with Crippen LogP contribution in [0.5, 0.6) is 0 Å². The number of nitrogens with two attached hydrogens (primary N) is 1. The molecule has 2 aromatic heterocycles. The predicted molar refractivity (Wildman–Crippen MR) is 99.2 cm³/mol. The predicted octanol–water partition coefficient (Wildman–Crippen LogP) is 1.89. The summed E-state index contributed by atoms with van der Waals surface area (Å²) in [5, 5.41) is 15.4. The number of hydrogen-bond donors (Lipinski definition) is 2. The second kappa shape index (κ2) is 8.18. The molecule has 2 aromatic rings. The number of nitrogens with one attached hydrogen (secondary N) is 1. The molecule has 1 aliphatic carbocycles. The molecule has 1 saturated carbocycles. The maximum atomic E-state index is 12.8. The van der Waals surface area contributed by atoms with E-state index in [2.05, 4.69) is 20.5 Å². The number of hydrogen-bond acceptors (Lipinski definition) is 5. The first kappa shape index (κ1) is 18.8. The normalized spacial score (nSPS) is 26.3. The van der Waals surface area contributed by atoms with E-state index in [4.69, 9.17) is 5.73 Å². The molecule has 1 amide bonds. The van der Waals surface area contributed by atoms with Crippen molar-refractivity contribution in [3.8, 4) is 0 Å². The van der Waals surface area contributed by atoms with Gasteiger partial charge in [0.05, 0.1) is 12.2 Å². The summed E-state index contributed by atoms with van der Waals surface area (Å²) in [5.41, 5.74) is 7.51. The number of amides is 1. The number of halogens is 1. The smallest absolute Gasteiger partial charge is 0.276 e. The van der Waals surface area contributed by atoms with Gasteiger partial charge in [-0.2, -0.15) is 5.10 Å². The quantitative estimate of drug-likeness (QED) is 0.846. The highest BCUT2D eigenvalue weighted by atomic mass is 35.5. The van der Waals surface area contributed by atoms with E-state index in [-0.39, 0.29) is 18.3 Å². The van der Waals surface area contributed by atoms with E-state index in [0.29, 0.717) is 30.2 Å². The molecule has 1 saturated heterocycles. The van der Waals surface area contributed by atoms with Gasteiger partial charge < -0.3 is 10.6 Å². The largest absolute Gasteiger partial charge is 0.337 e. The van der Waals surface area contributed by atoms with Crippen LogP contribution < -0.4 is 5.73 Å². The summed E-state index contributed by atoms with van der Waals surface area (Å²) in [7, 11) is 0. The topological polar surface area (TPSA) is 106 Å². The standard InChI is InChI=1S/C17H25N7O.ClH/c18-13-3-5-14(6-4-13)24-11-16(21-22-24)17(25)23-9-1-2-12(10-23)15-7-8-19-20-15;/h7-8,11-14H,1-6,9-10,18H2,(H,19,20);1H. The third-order valence-electron chi connectivity index (χ3n) is 5.52. The molecule has 3 heterocycles. The van der Waals surface area contributed by atoms with Crippen molar-refractivity contribution in [2.75, 3.05) is 13.1 Å². The number of aromatic nitrogens is 5. The molecule has 9 heteroatoms. The summed E-state index contributed by atoms with van der Waals surface area (Å²) >= 11 is 0. The van der Waals surface area contributed by atoms with E-state index < -0.39 is 0 Å². The third-order valence-corrected chi connectivity index (χ3v) is 5.52. The highest BCUT2D eigenvalue weighted by molar-refractivity contribution is 5.92. The van der Waals surface area contributed by atoms with E-state index in [1.807, 2.05) is 21.8 Å². The number of aromatic amines is 1. The van der Waals surface area contributed by atoms with Gasteiger partial charge in [0.1, 0.15) is 0 Å². The van der Waals surface area contributed by atoms with Gasteiger partial charge in [0, 0.05) is 36.9 Å². The van der Waals surface area contributed by atoms with Crippen LogP contribution in [0.3, 0.4) is 0 Å². The van der Waals surface area contributed by atoms with Gasteiger partial charge in [-0.1, -0.05) is 5.21 Å². The summed E-state index contributed by atoms with van der Waals surface area (Å²) in [6.45, 7) is 1.47. The Bertz CT molecular complexity index is 709.